The van der Waals surface area contributed by atoms with Gasteiger partial charge in [0.05, 0.1) is 0 Å². The Morgan fingerprint density at radius 1 is 1.17 bits per heavy atom. The van der Waals surface area contributed by atoms with Crippen LogP contribution in [-0.2, 0) is 6.42 Å². The van der Waals surface area contributed by atoms with Gasteiger partial charge in [-0.15, -0.1) is 0 Å². The Labute approximate surface area is 111 Å². The Hall–Kier alpha value is -1.02. The molecular weight excluding hydrogens is 220 g/mol. The second kappa shape index (κ2) is 6.24. The lowest BCUT2D eigenvalue weighted by atomic mass is 9.86. The first-order valence-corrected chi connectivity index (χ1v) is 7.24. The van der Waals surface area contributed by atoms with Gasteiger partial charge in [0.15, 0.2) is 0 Å². The van der Waals surface area contributed by atoms with Gasteiger partial charge < -0.3 is 10.6 Å². The molecule has 1 aromatic rings. The van der Waals surface area contributed by atoms with Gasteiger partial charge in [0.2, 0.25) is 0 Å². The maximum Gasteiger partial charge on any atom is 0.0366 e. The summed E-state index contributed by atoms with van der Waals surface area (Å²) in [5.41, 5.74) is 8.29. The Balaban J connectivity index is 1.93. The maximum absolute atomic E-state index is 5.57. The van der Waals surface area contributed by atoms with Crippen molar-refractivity contribution in [2.75, 3.05) is 24.5 Å². The van der Waals surface area contributed by atoms with Gasteiger partial charge in [0.1, 0.15) is 0 Å². The van der Waals surface area contributed by atoms with Crippen LogP contribution in [0.1, 0.15) is 32.3 Å². The Bertz CT molecular complexity index is 348. The van der Waals surface area contributed by atoms with E-state index in [1.54, 1.807) is 0 Å². The van der Waals surface area contributed by atoms with Crippen LogP contribution in [0.5, 0.6) is 0 Å². The molecule has 0 amide bonds. The molecule has 1 saturated heterocycles. The quantitative estimate of drug-likeness (QED) is 0.884. The topological polar surface area (TPSA) is 29.3 Å². The second-order valence-electron chi connectivity index (χ2n) is 5.77. The first-order chi connectivity index (χ1) is 8.70. The van der Waals surface area contributed by atoms with E-state index in [0.29, 0.717) is 0 Å². The van der Waals surface area contributed by atoms with E-state index in [4.69, 9.17) is 5.73 Å². The molecule has 0 aromatic heterocycles. The largest absolute Gasteiger partial charge is 0.372 e. The Kier molecular flexibility index (Phi) is 4.65. The van der Waals surface area contributed by atoms with Crippen LogP contribution in [-0.4, -0.2) is 19.6 Å². The minimum absolute atomic E-state index is 0.735. The van der Waals surface area contributed by atoms with Crippen LogP contribution in [0.25, 0.3) is 0 Å². The van der Waals surface area contributed by atoms with Gasteiger partial charge in [0.25, 0.3) is 0 Å². The molecule has 18 heavy (non-hydrogen) atoms. The molecule has 1 heterocycles. The van der Waals surface area contributed by atoms with Gasteiger partial charge in [-0.3, -0.25) is 0 Å². The normalized spacial score (nSPS) is 17.4. The van der Waals surface area contributed by atoms with Gasteiger partial charge >= 0.3 is 0 Å². The van der Waals surface area contributed by atoms with Crippen molar-refractivity contribution in [3.8, 4) is 0 Å². The smallest absolute Gasteiger partial charge is 0.0366 e. The zero-order valence-corrected chi connectivity index (χ0v) is 11.7. The number of nitrogens with two attached hydrogens (primary N) is 1. The summed E-state index contributed by atoms with van der Waals surface area (Å²) in [7, 11) is 0. The highest BCUT2D eigenvalue weighted by Gasteiger charge is 2.21. The molecule has 0 spiro atoms. The number of piperidine rings is 1. The minimum atomic E-state index is 0.735. The highest BCUT2D eigenvalue weighted by atomic mass is 15.1. The van der Waals surface area contributed by atoms with E-state index in [1.807, 2.05) is 0 Å². The van der Waals surface area contributed by atoms with Crippen LogP contribution in [0.2, 0.25) is 0 Å². The molecular formula is C16H26N2. The number of hydrogen-bond donors (Lipinski definition) is 1. The van der Waals surface area contributed by atoms with Crippen molar-refractivity contribution in [1.29, 1.82) is 0 Å². The fourth-order valence-corrected chi connectivity index (χ4v) is 2.86. The van der Waals surface area contributed by atoms with Crippen molar-refractivity contribution in [2.24, 2.45) is 17.6 Å². The lowest BCUT2D eigenvalue weighted by Gasteiger charge is -2.35. The van der Waals surface area contributed by atoms with E-state index < -0.39 is 0 Å². The molecule has 1 aliphatic rings. The molecule has 0 saturated carbocycles. The van der Waals surface area contributed by atoms with Crippen LogP contribution < -0.4 is 10.6 Å². The van der Waals surface area contributed by atoms with Crippen molar-refractivity contribution in [3.63, 3.8) is 0 Å². The van der Waals surface area contributed by atoms with E-state index in [1.165, 1.54) is 37.2 Å². The summed E-state index contributed by atoms with van der Waals surface area (Å²) in [6.07, 6.45) is 3.65. The monoisotopic (exact) mass is 246 g/mol. The third-order valence-corrected chi connectivity index (χ3v) is 4.22. The van der Waals surface area contributed by atoms with Crippen molar-refractivity contribution in [2.45, 2.75) is 33.1 Å². The average Bonchev–Trinajstić information content (AvgIpc) is 2.40. The standard InChI is InChI=1S/C16H26N2/c1-13(2)15-8-11-18(12-9-15)16-5-3-14(4-6-16)7-10-17/h3-6,13,15H,7-12,17H2,1-2H3. The van der Waals surface area contributed by atoms with E-state index in [2.05, 4.69) is 43.0 Å². The molecule has 0 unspecified atom stereocenters. The predicted molar refractivity (Wildman–Crippen MR) is 79.0 cm³/mol. The van der Waals surface area contributed by atoms with E-state index in [9.17, 15) is 0 Å². The molecule has 2 rings (SSSR count). The molecule has 100 valence electrons. The summed E-state index contributed by atoms with van der Waals surface area (Å²) in [4.78, 5) is 2.52. The molecule has 0 bridgehead atoms. The third-order valence-electron chi connectivity index (χ3n) is 4.22. The Morgan fingerprint density at radius 2 is 1.78 bits per heavy atom. The number of nitrogens with zero attached hydrogens (tertiary/aromatic N) is 1. The summed E-state index contributed by atoms with van der Waals surface area (Å²) in [5.74, 6) is 1.75. The lowest BCUT2D eigenvalue weighted by molar-refractivity contribution is 0.311. The van der Waals surface area contributed by atoms with E-state index >= 15 is 0 Å². The summed E-state index contributed by atoms with van der Waals surface area (Å²) in [6.45, 7) is 7.85. The summed E-state index contributed by atoms with van der Waals surface area (Å²) >= 11 is 0. The SMILES string of the molecule is CC(C)C1CCN(c2ccc(CCN)cc2)CC1. The van der Waals surface area contributed by atoms with Crippen LogP contribution >= 0.6 is 0 Å². The van der Waals surface area contributed by atoms with Crippen molar-refractivity contribution >= 4 is 5.69 Å². The highest BCUT2D eigenvalue weighted by Crippen LogP contribution is 2.27. The zero-order valence-electron chi connectivity index (χ0n) is 11.7. The Morgan fingerprint density at radius 3 is 2.28 bits per heavy atom. The maximum atomic E-state index is 5.57. The molecule has 2 N–H and O–H groups in total. The van der Waals surface area contributed by atoms with E-state index in [0.717, 1.165) is 24.8 Å². The van der Waals surface area contributed by atoms with E-state index in [-0.39, 0.29) is 0 Å². The van der Waals surface area contributed by atoms with Crippen molar-refractivity contribution in [3.05, 3.63) is 29.8 Å². The molecule has 0 atom stereocenters. The van der Waals surface area contributed by atoms with Gasteiger partial charge in [0, 0.05) is 18.8 Å². The van der Waals surface area contributed by atoms with Gasteiger partial charge in [-0.05, 0) is 55.3 Å². The number of benzene rings is 1. The second-order valence-corrected chi connectivity index (χ2v) is 5.77. The molecule has 1 fully saturated rings. The van der Waals surface area contributed by atoms with Crippen LogP contribution in [0.4, 0.5) is 5.69 Å². The molecule has 1 aliphatic heterocycles. The lowest BCUT2D eigenvalue weighted by Crippen LogP contribution is -2.35. The minimum Gasteiger partial charge on any atom is -0.372 e. The summed E-state index contributed by atoms with van der Waals surface area (Å²) < 4.78 is 0. The number of anilines is 1. The van der Waals surface area contributed by atoms with Crippen molar-refractivity contribution < 1.29 is 0 Å². The number of rotatable bonds is 4. The molecule has 0 radical (unpaired) electrons. The first kappa shape index (κ1) is 13.4. The van der Waals surface area contributed by atoms with Gasteiger partial charge in [-0.2, -0.15) is 0 Å². The summed E-state index contributed by atoms with van der Waals surface area (Å²) in [6, 6.07) is 8.94. The molecule has 1 aromatic carbocycles. The fourth-order valence-electron chi connectivity index (χ4n) is 2.86. The number of hydrogen-bond acceptors (Lipinski definition) is 2. The predicted octanol–water partition coefficient (Wildman–Crippen LogP) is 3.06. The average molecular weight is 246 g/mol. The third kappa shape index (κ3) is 3.26. The van der Waals surface area contributed by atoms with Crippen molar-refractivity contribution in [1.82, 2.24) is 0 Å². The van der Waals surface area contributed by atoms with Gasteiger partial charge in [-0.1, -0.05) is 26.0 Å². The van der Waals surface area contributed by atoms with Crippen LogP contribution in [0, 0.1) is 11.8 Å². The first-order valence-electron chi connectivity index (χ1n) is 7.24. The fraction of sp³-hybridized carbons (Fsp3) is 0.625. The highest BCUT2D eigenvalue weighted by molar-refractivity contribution is 5.48. The molecule has 2 heteroatoms. The van der Waals surface area contributed by atoms with Crippen LogP contribution in [0.15, 0.2) is 24.3 Å². The molecule has 2 nitrogen and oxygen atoms in total. The zero-order chi connectivity index (χ0) is 13.0. The van der Waals surface area contributed by atoms with Crippen LogP contribution in [0.3, 0.4) is 0 Å². The molecule has 0 aliphatic carbocycles. The van der Waals surface area contributed by atoms with Gasteiger partial charge in [-0.25, -0.2) is 0 Å². The summed E-state index contributed by atoms with van der Waals surface area (Å²) in [5, 5.41) is 0.